The molecule has 84 valence electrons. The summed E-state index contributed by atoms with van der Waals surface area (Å²) in [7, 11) is 0. The topological polar surface area (TPSA) is 52.0 Å². The summed E-state index contributed by atoms with van der Waals surface area (Å²) in [6.07, 6.45) is 2.21. The normalized spacial score (nSPS) is 10.7. The van der Waals surface area contributed by atoms with Gasteiger partial charge >= 0.3 is 0 Å². The second-order valence-electron chi connectivity index (χ2n) is 3.98. The van der Waals surface area contributed by atoms with E-state index in [9.17, 15) is 0 Å². The van der Waals surface area contributed by atoms with Crippen molar-refractivity contribution in [2.45, 2.75) is 20.3 Å². The van der Waals surface area contributed by atoms with Crippen molar-refractivity contribution in [3.8, 4) is 11.3 Å². The van der Waals surface area contributed by atoms with Gasteiger partial charge in [-0.15, -0.1) is 0 Å². The van der Waals surface area contributed by atoms with E-state index in [2.05, 4.69) is 37.0 Å². The Kier molecular flexibility index (Phi) is 3.06. The molecule has 1 aromatic carbocycles. The number of aromatic nitrogens is 1. The highest BCUT2D eigenvalue weighted by Gasteiger charge is 2.11. The zero-order valence-electron chi connectivity index (χ0n) is 9.66. The maximum absolute atomic E-state index is 5.55. The molecule has 0 saturated carbocycles. The number of nitrogens with two attached hydrogens (primary N) is 1. The van der Waals surface area contributed by atoms with Gasteiger partial charge in [-0.3, -0.25) is 0 Å². The van der Waals surface area contributed by atoms with Crippen molar-refractivity contribution >= 4 is 0 Å². The van der Waals surface area contributed by atoms with Crippen LogP contribution in [0.5, 0.6) is 0 Å². The van der Waals surface area contributed by atoms with E-state index in [1.54, 1.807) is 0 Å². The summed E-state index contributed by atoms with van der Waals surface area (Å²) in [6, 6.07) is 6.33. The lowest BCUT2D eigenvalue weighted by atomic mass is 10.0. The van der Waals surface area contributed by atoms with Crippen LogP contribution in [0.2, 0.25) is 0 Å². The zero-order chi connectivity index (χ0) is 11.5. The van der Waals surface area contributed by atoms with E-state index in [-0.39, 0.29) is 0 Å². The monoisotopic (exact) mass is 216 g/mol. The van der Waals surface area contributed by atoms with Gasteiger partial charge in [0.25, 0.3) is 0 Å². The third-order valence-electron chi connectivity index (χ3n) is 2.66. The summed E-state index contributed by atoms with van der Waals surface area (Å²) in [5.74, 6) is 0.871. The summed E-state index contributed by atoms with van der Waals surface area (Å²) >= 11 is 0. The zero-order valence-corrected chi connectivity index (χ0v) is 9.66. The lowest BCUT2D eigenvalue weighted by molar-refractivity contribution is 0.506. The summed E-state index contributed by atoms with van der Waals surface area (Å²) in [6.45, 7) is 4.73. The number of hydrogen-bond donors (Lipinski definition) is 1. The highest BCUT2D eigenvalue weighted by Crippen LogP contribution is 2.26. The lowest BCUT2D eigenvalue weighted by Gasteiger charge is -2.05. The van der Waals surface area contributed by atoms with Crippen LogP contribution in [0.15, 0.2) is 29.0 Å². The standard InChI is InChI=1S/C13H16N2O/c1-9-3-4-10(2)11(7-9)13-12(5-6-14)16-8-15-13/h3-4,7-8H,5-6,14H2,1-2H3. The minimum atomic E-state index is 0.576. The molecule has 1 aromatic heterocycles. The predicted octanol–water partition coefficient (Wildman–Crippen LogP) is 2.46. The van der Waals surface area contributed by atoms with Gasteiger partial charge in [-0.05, 0) is 32.0 Å². The minimum absolute atomic E-state index is 0.576. The van der Waals surface area contributed by atoms with Gasteiger partial charge in [0.1, 0.15) is 11.5 Å². The Hall–Kier alpha value is -1.61. The lowest BCUT2D eigenvalue weighted by Crippen LogP contribution is -2.03. The molecule has 0 saturated heterocycles. The highest BCUT2D eigenvalue weighted by atomic mass is 16.3. The molecular weight excluding hydrogens is 200 g/mol. The summed E-state index contributed by atoms with van der Waals surface area (Å²) < 4.78 is 5.36. The van der Waals surface area contributed by atoms with E-state index < -0.39 is 0 Å². The van der Waals surface area contributed by atoms with Crippen molar-refractivity contribution < 1.29 is 4.42 Å². The third-order valence-corrected chi connectivity index (χ3v) is 2.66. The first-order chi connectivity index (χ1) is 7.72. The van der Waals surface area contributed by atoms with E-state index in [1.165, 1.54) is 17.5 Å². The molecule has 0 aliphatic rings. The van der Waals surface area contributed by atoms with Crippen LogP contribution in [0, 0.1) is 13.8 Å². The van der Waals surface area contributed by atoms with E-state index in [1.807, 2.05) is 0 Å². The van der Waals surface area contributed by atoms with Gasteiger partial charge in [-0.25, -0.2) is 4.98 Å². The molecule has 16 heavy (non-hydrogen) atoms. The molecule has 2 rings (SSSR count). The fourth-order valence-electron chi connectivity index (χ4n) is 1.79. The first-order valence-corrected chi connectivity index (χ1v) is 5.42. The van der Waals surface area contributed by atoms with Crippen molar-refractivity contribution in [1.29, 1.82) is 0 Å². The highest BCUT2D eigenvalue weighted by molar-refractivity contribution is 5.65. The average molecular weight is 216 g/mol. The van der Waals surface area contributed by atoms with Gasteiger partial charge in [0.05, 0.1) is 0 Å². The molecular formula is C13H16N2O. The molecule has 2 N–H and O–H groups in total. The van der Waals surface area contributed by atoms with Crippen molar-refractivity contribution in [2.24, 2.45) is 5.73 Å². The molecule has 0 aliphatic carbocycles. The van der Waals surface area contributed by atoms with Gasteiger partial charge in [-0.1, -0.05) is 17.7 Å². The number of nitrogens with zero attached hydrogens (tertiary/aromatic N) is 1. The molecule has 1 heterocycles. The maximum Gasteiger partial charge on any atom is 0.181 e. The third kappa shape index (κ3) is 1.99. The van der Waals surface area contributed by atoms with Gasteiger partial charge in [0, 0.05) is 12.0 Å². The SMILES string of the molecule is Cc1ccc(C)c(-c2ncoc2CCN)c1. The second kappa shape index (κ2) is 4.49. The Balaban J connectivity index is 2.49. The average Bonchev–Trinajstić information content (AvgIpc) is 2.70. The Bertz CT molecular complexity index is 488. The van der Waals surface area contributed by atoms with Crippen LogP contribution in [0.4, 0.5) is 0 Å². The summed E-state index contributed by atoms with van der Waals surface area (Å²) in [5.41, 5.74) is 10.0. The molecule has 2 aromatic rings. The molecule has 3 nitrogen and oxygen atoms in total. The smallest absolute Gasteiger partial charge is 0.181 e. The molecule has 0 fully saturated rings. The second-order valence-corrected chi connectivity index (χ2v) is 3.98. The molecule has 0 amide bonds. The summed E-state index contributed by atoms with van der Waals surface area (Å²) in [4.78, 5) is 4.28. The van der Waals surface area contributed by atoms with Crippen LogP contribution in [-0.4, -0.2) is 11.5 Å². The largest absolute Gasteiger partial charge is 0.448 e. The minimum Gasteiger partial charge on any atom is -0.448 e. The fraction of sp³-hybridized carbons (Fsp3) is 0.308. The van der Waals surface area contributed by atoms with E-state index in [0.717, 1.165) is 23.4 Å². The van der Waals surface area contributed by atoms with Crippen molar-refractivity contribution in [3.05, 3.63) is 41.5 Å². The Morgan fingerprint density at radius 2 is 2.12 bits per heavy atom. The predicted molar refractivity (Wildman–Crippen MR) is 64.2 cm³/mol. The fourth-order valence-corrected chi connectivity index (χ4v) is 1.79. The Labute approximate surface area is 95.3 Å². The molecule has 0 radical (unpaired) electrons. The maximum atomic E-state index is 5.55. The van der Waals surface area contributed by atoms with E-state index in [4.69, 9.17) is 10.2 Å². The summed E-state index contributed by atoms with van der Waals surface area (Å²) in [5, 5.41) is 0. The number of aryl methyl sites for hydroxylation is 2. The van der Waals surface area contributed by atoms with Gasteiger partial charge < -0.3 is 10.2 Å². The molecule has 0 aliphatic heterocycles. The molecule has 0 bridgehead atoms. The number of oxazole rings is 1. The number of rotatable bonds is 3. The molecule has 3 heteroatoms. The van der Waals surface area contributed by atoms with E-state index in [0.29, 0.717) is 6.54 Å². The molecule has 0 spiro atoms. The molecule has 0 atom stereocenters. The van der Waals surface area contributed by atoms with Crippen LogP contribution < -0.4 is 5.73 Å². The van der Waals surface area contributed by atoms with Crippen LogP contribution in [0.1, 0.15) is 16.9 Å². The van der Waals surface area contributed by atoms with Gasteiger partial charge in [0.15, 0.2) is 6.39 Å². The molecule has 0 unspecified atom stereocenters. The Morgan fingerprint density at radius 3 is 2.88 bits per heavy atom. The van der Waals surface area contributed by atoms with Crippen LogP contribution in [-0.2, 0) is 6.42 Å². The number of hydrogen-bond acceptors (Lipinski definition) is 3. The quantitative estimate of drug-likeness (QED) is 0.857. The van der Waals surface area contributed by atoms with Gasteiger partial charge in [-0.2, -0.15) is 0 Å². The van der Waals surface area contributed by atoms with Crippen molar-refractivity contribution in [1.82, 2.24) is 4.98 Å². The Morgan fingerprint density at radius 1 is 1.31 bits per heavy atom. The van der Waals surface area contributed by atoms with E-state index >= 15 is 0 Å². The van der Waals surface area contributed by atoms with Gasteiger partial charge in [0.2, 0.25) is 0 Å². The first kappa shape index (κ1) is 10.9. The van der Waals surface area contributed by atoms with Crippen LogP contribution >= 0.6 is 0 Å². The van der Waals surface area contributed by atoms with Crippen LogP contribution in [0.25, 0.3) is 11.3 Å². The number of benzene rings is 1. The van der Waals surface area contributed by atoms with Crippen molar-refractivity contribution in [2.75, 3.05) is 6.54 Å². The van der Waals surface area contributed by atoms with Crippen LogP contribution in [0.3, 0.4) is 0 Å². The first-order valence-electron chi connectivity index (χ1n) is 5.42. The van der Waals surface area contributed by atoms with Crippen molar-refractivity contribution in [3.63, 3.8) is 0 Å².